The molecule has 0 aromatic carbocycles. The summed E-state index contributed by atoms with van der Waals surface area (Å²) < 4.78 is 5.54. The first-order valence-corrected chi connectivity index (χ1v) is 7.32. The molecule has 3 rings (SSSR count). The van der Waals surface area contributed by atoms with Gasteiger partial charge in [-0.15, -0.1) is 11.3 Å². The van der Waals surface area contributed by atoms with Crippen molar-refractivity contribution in [1.82, 2.24) is 15.0 Å². The van der Waals surface area contributed by atoms with Crippen LogP contribution in [0.15, 0.2) is 16.7 Å². The van der Waals surface area contributed by atoms with E-state index in [2.05, 4.69) is 31.8 Å². The van der Waals surface area contributed by atoms with Crippen LogP contribution in [-0.2, 0) is 0 Å². The summed E-state index contributed by atoms with van der Waals surface area (Å²) in [6, 6.07) is 1.94. The van der Waals surface area contributed by atoms with E-state index in [0.29, 0.717) is 17.7 Å². The van der Waals surface area contributed by atoms with Crippen molar-refractivity contribution in [3.63, 3.8) is 0 Å². The Morgan fingerprint density at radius 3 is 2.81 bits per heavy atom. The number of hydrogen-bond acceptors (Lipinski definition) is 8. The maximum atomic E-state index is 5.54. The van der Waals surface area contributed by atoms with Gasteiger partial charge in [0.2, 0.25) is 11.8 Å². The fourth-order valence-electron chi connectivity index (χ4n) is 2.06. The van der Waals surface area contributed by atoms with Gasteiger partial charge >= 0.3 is 0 Å². The van der Waals surface area contributed by atoms with E-state index in [9.17, 15) is 0 Å². The zero-order chi connectivity index (χ0) is 15.0. The van der Waals surface area contributed by atoms with Gasteiger partial charge in [-0.3, -0.25) is 5.43 Å². The van der Waals surface area contributed by atoms with Gasteiger partial charge in [-0.05, 0) is 26.8 Å². The predicted octanol–water partition coefficient (Wildman–Crippen LogP) is 2.75. The summed E-state index contributed by atoms with van der Waals surface area (Å²) in [5, 5.41) is 4.27. The smallest absolute Gasteiger partial charge is 0.240 e. The molecule has 0 aliphatic heterocycles. The molecule has 8 heteroatoms. The number of nitrogens with zero attached hydrogens (tertiary/aromatic N) is 3. The SMILES string of the molecule is Cc1cnc(C(C)Nc2nc(NN)nc3sc(C)cc23)o1. The van der Waals surface area contributed by atoms with Gasteiger partial charge in [-0.1, -0.05) is 0 Å². The number of anilines is 2. The van der Waals surface area contributed by atoms with Crippen LogP contribution >= 0.6 is 11.3 Å². The normalized spacial score (nSPS) is 12.6. The Hall–Kier alpha value is -2.19. The first kappa shape index (κ1) is 13.8. The molecule has 0 saturated heterocycles. The van der Waals surface area contributed by atoms with Gasteiger partial charge in [0.25, 0.3) is 0 Å². The van der Waals surface area contributed by atoms with E-state index in [-0.39, 0.29) is 6.04 Å². The van der Waals surface area contributed by atoms with Crippen LogP contribution < -0.4 is 16.6 Å². The summed E-state index contributed by atoms with van der Waals surface area (Å²) in [6.07, 6.45) is 1.70. The Balaban J connectivity index is 1.98. The third kappa shape index (κ3) is 2.67. The lowest BCUT2D eigenvalue weighted by molar-refractivity contribution is 0.453. The summed E-state index contributed by atoms with van der Waals surface area (Å²) in [5.41, 5.74) is 2.49. The Bertz CT molecular complexity index is 780. The van der Waals surface area contributed by atoms with E-state index in [1.807, 2.05) is 20.8 Å². The summed E-state index contributed by atoms with van der Waals surface area (Å²) in [7, 11) is 0. The first-order valence-electron chi connectivity index (χ1n) is 6.50. The summed E-state index contributed by atoms with van der Waals surface area (Å²) in [6.45, 7) is 5.87. The van der Waals surface area contributed by atoms with Crippen LogP contribution in [0.3, 0.4) is 0 Å². The van der Waals surface area contributed by atoms with Gasteiger partial charge in [-0.25, -0.2) is 15.8 Å². The molecule has 21 heavy (non-hydrogen) atoms. The number of aromatic nitrogens is 3. The van der Waals surface area contributed by atoms with Crippen molar-refractivity contribution in [2.75, 3.05) is 10.7 Å². The van der Waals surface area contributed by atoms with Crippen LogP contribution in [0.5, 0.6) is 0 Å². The Morgan fingerprint density at radius 1 is 1.33 bits per heavy atom. The van der Waals surface area contributed by atoms with Crippen LogP contribution in [0, 0.1) is 13.8 Å². The van der Waals surface area contributed by atoms with Gasteiger partial charge in [-0.2, -0.15) is 4.98 Å². The number of rotatable bonds is 4. The molecule has 0 radical (unpaired) electrons. The van der Waals surface area contributed by atoms with Gasteiger partial charge in [0.1, 0.15) is 22.5 Å². The topological polar surface area (TPSA) is 102 Å². The van der Waals surface area contributed by atoms with E-state index < -0.39 is 0 Å². The highest BCUT2D eigenvalue weighted by Gasteiger charge is 2.16. The quantitative estimate of drug-likeness (QED) is 0.503. The molecule has 0 saturated carbocycles. The Labute approximate surface area is 125 Å². The van der Waals surface area contributed by atoms with Crippen LogP contribution in [0.4, 0.5) is 11.8 Å². The molecule has 7 nitrogen and oxygen atoms in total. The molecule has 4 N–H and O–H groups in total. The van der Waals surface area contributed by atoms with E-state index in [1.54, 1.807) is 17.5 Å². The number of hydrogen-bond donors (Lipinski definition) is 3. The number of nitrogen functional groups attached to an aromatic ring is 1. The van der Waals surface area contributed by atoms with Gasteiger partial charge in [0.05, 0.1) is 11.6 Å². The monoisotopic (exact) mass is 304 g/mol. The van der Waals surface area contributed by atoms with E-state index >= 15 is 0 Å². The molecule has 1 atom stereocenters. The van der Waals surface area contributed by atoms with Crippen molar-refractivity contribution < 1.29 is 4.42 Å². The Morgan fingerprint density at radius 2 is 2.14 bits per heavy atom. The van der Waals surface area contributed by atoms with E-state index in [1.165, 1.54) is 0 Å². The molecule has 0 spiro atoms. The predicted molar refractivity (Wildman–Crippen MR) is 83.2 cm³/mol. The highest BCUT2D eigenvalue weighted by atomic mass is 32.1. The Kier molecular flexibility index (Phi) is 3.48. The minimum Gasteiger partial charge on any atom is -0.444 e. The average Bonchev–Trinajstić information content (AvgIpc) is 3.03. The molecule has 110 valence electrons. The van der Waals surface area contributed by atoms with Crippen LogP contribution in [0.25, 0.3) is 10.2 Å². The standard InChI is InChI=1S/C13H16N6OS/c1-6-5-15-11(20-6)8(3)16-10-9-4-7(2)21-12(9)18-13(17-10)19-14/h4-5,8H,14H2,1-3H3,(H2,16,17,18,19). The van der Waals surface area contributed by atoms with Crippen LogP contribution in [0.1, 0.15) is 29.5 Å². The molecule has 3 heterocycles. The summed E-state index contributed by atoms with van der Waals surface area (Å²) in [5.74, 6) is 7.92. The zero-order valence-electron chi connectivity index (χ0n) is 12.0. The highest BCUT2D eigenvalue weighted by molar-refractivity contribution is 7.18. The molecule has 0 aliphatic carbocycles. The minimum absolute atomic E-state index is 0.109. The molecule has 0 aliphatic rings. The first-order chi connectivity index (χ1) is 10.1. The van der Waals surface area contributed by atoms with Crippen molar-refractivity contribution in [3.05, 3.63) is 28.8 Å². The van der Waals surface area contributed by atoms with Crippen molar-refractivity contribution in [2.24, 2.45) is 5.84 Å². The maximum absolute atomic E-state index is 5.54. The number of fused-ring (bicyclic) bond motifs is 1. The number of nitrogens with two attached hydrogens (primary N) is 1. The van der Waals surface area contributed by atoms with E-state index in [4.69, 9.17) is 10.3 Å². The van der Waals surface area contributed by atoms with Crippen LogP contribution in [-0.4, -0.2) is 15.0 Å². The fourth-order valence-corrected chi connectivity index (χ4v) is 2.94. The minimum atomic E-state index is -0.109. The van der Waals surface area contributed by atoms with Crippen molar-refractivity contribution in [3.8, 4) is 0 Å². The number of nitrogens with one attached hydrogen (secondary N) is 2. The van der Waals surface area contributed by atoms with Crippen molar-refractivity contribution in [2.45, 2.75) is 26.8 Å². The van der Waals surface area contributed by atoms with Gasteiger partial charge < -0.3 is 9.73 Å². The maximum Gasteiger partial charge on any atom is 0.240 e. The molecule has 3 aromatic heterocycles. The third-order valence-corrected chi connectivity index (χ3v) is 3.95. The molecule has 1 unspecified atom stereocenters. The number of thiophene rings is 1. The number of aryl methyl sites for hydroxylation is 2. The lowest BCUT2D eigenvalue weighted by Crippen LogP contribution is -2.13. The second-order valence-corrected chi connectivity index (χ2v) is 6.03. The molecule has 3 aromatic rings. The lowest BCUT2D eigenvalue weighted by atomic mass is 10.3. The van der Waals surface area contributed by atoms with Crippen LogP contribution in [0.2, 0.25) is 0 Å². The molecular weight excluding hydrogens is 288 g/mol. The highest BCUT2D eigenvalue weighted by Crippen LogP contribution is 2.31. The number of oxazole rings is 1. The zero-order valence-corrected chi connectivity index (χ0v) is 12.8. The second kappa shape index (κ2) is 5.30. The largest absolute Gasteiger partial charge is 0.444 e. The fraction of sp³-hybridized carbons (Fsp3) is 0.308. The third-order valence-electron chi connectivity index (χ3n) is 3.01. The second-order valence-electron chi connectivity index (χ2n) is 4.79. The van der Waals surface area contributed by atoms with Gasteiger partial charge in [0, 0.05) is 4.88 Å². The van der Waals surface area contributed by atoms with E-state index in [0.717, 1.165) is 20.9 Å². The molecular formula is C13H16N6OS. The summed E-state index contributed by atoms with van der Waals surface area (Å²) >= 11 is 1.60. The summed E-state index contributed by atoms with van der Waals surface area (Å²) in [4.78, 5) is 15.0. The molecule has 0 bridgehead atoms. The lowest BCUT2D eigenvalue weighted by Gasteiger charge is -2.12. The average molecular weight is 304 g/mol. The molecule has 0 fully saturated rings. The van der Waals surface area contributed by atoms with Crippen molar-refractivity contribution >= 4 is 33.3 Å². The van der Waals surface area contributed by atoms with Gasteiger partial charge in [0.15, 0.2) is 0 Å². The van der Waals surface area contributed by atoms with Crippen molar-refractivity contribution in [1.29, 1.82) is 0 Å². The molecule has 0 amide bonds. The number of hydrazine groups is 1.